The quantitative estimate of drug-likeness (QED) is 0.606. The molecule has 0 bridgehead atoms. The van der Waals surface area contributed by atoms with E-state index in [2.05, 4.69) is 45.2 Å². The van der Waals surface area contributed by atoms with Crippen LogP contribution in [-0.4, -0.2) is 38.1 Å². The molecule has 0 aliphatic carbocycles. The van der Waals surface area contributed by atoms with Crippen LogP contribution in [0.3, 0.4) is 0 Å². The molecule has 1 aliphatic rings. The summed E-state index contributed by atoms with van der Waals surface area (Å²) in [7, 11) is -3.52. The number of nitrogens with zero attached hydrogens (tertiary/aromatic N) is 1. The van der Waals surface area contributed by atoms with E-state index in [1.165, 1.54) is 18.4 Å². The standard InChI is InChI=1S/C23H29BrN2O3S/c1-18-4-3-11-26(14-18)15-20-9-7-19(8-10-20)13-25-23(27)17-30(28,29)16-21-5-2-6-22(24)12-21/h2,5-10,12,18H,3-4,11,13-17H2,1H3,(H,25,27). The zero-order valence-electron chi connectivity index (χ0n) is 17.3. The Hall–Kier alpha value is -1.70. The van der Waals surface area contributed by atoms with Crippen LogP contribution in [0.25, 0.3) is 0 Å². The van der Waals surface area contributed by atoms with E-state index >= 15 is 0 Å². The maximum Gasteiger partial charge on any atom is 0.235 e. The Balaban J connectivity index is 1.46. The maximum absolute atomic E-state index is 12.3. The largest absolute Gasteiger partial charge is 0.351 e. The summed E-state index contributed by atoms with van der Waals surface area (Å²) in [6, 6.07) is 15.3. The molecule has 0 saturated carbocycles. The first-order valence-electron chi connectivity index (χ1n) is 10.3. The molecule has 1 atom stereocenters. The van der Waals surface area contributed by atoms with E-state index in [9.17, 15) is 13.2 Å². The van der Waals surface area contributed by atoms with Crippen molar-refractivity contribution in [3.8, 4) is 0 Å². The summed E-state index contributed by atoms with van der Waals surface area (Å²) in [5.74, 6) is -0.377. The SMILES string of the molecule is CC1CCCN(Cc2ccc(CNC(=O)CS(=O)(=O)Cc3cccc(Br)c3)cc2)C1. The molecular weight excluding hydrogens is 464 g/mol. The lowest BCUT2D eigenvalue weighted by Crippen LogP contribution is -2.33. The number of nitrogens with one attached hydrogen (secondary N) is 1. The Labute approximate surface area is 187 Å². The number of carbonyl (C=O) groups is 1. The third-order valence-corrected chi connectivity index (χ3v) is 7.26. The second kappa shape index (κ2) is 10.6. The Morgan fingerprint density at radius 1 is 1.13 bits per heavy atom. The average molecular weight is 493 g/mol. The van der Waals surface area contributed by atoms with Gasteiger partial charge in [0.15, 0.2) is 9.84 Å². The Morgan fingerprint density at radius 2 is 1.87 bits per heavy atom. The molecule has 2 aromatic carbocycles. The average Bonchev–Trinajstić information content (AvgIpc) is 2.67. The second-order valence-corrected chi connectivity index (χ2v) is 11.2. The minimum Gasteiger partial charge on any atom is -0.351 e. The molecule has 1 aliphatic heterocycles. The highest BCUT2D eigenvalue weighted by Crippen LogP contribution is 2.18. The van der Waals surface area contributed by atoms with Crippen LogP contribution in [0.5, 0.6) is 0 Å². The van der Waals surface area contributed by atoms with Crippen molar-refractivity contribution >= 4 is 31.7 Å². The normalized spacial score (nSPS) is 17.6. The molecule has 0 aromatic heterocycles. The van der Waals surface area contributed by atoms with Crippen LogP contribution >= 0.6 is 15.9 Å². The molecule has 1 amide bonds. The number of sulfone groups is 1. The van der Waals surface area contributed by atoms with Crippen LogP contribution in [0.15, 0.2) is 53.0 Å². The summed E-state index contributed by atoms with van der Waals surface area (Å²) >= 11 is 3.33. The van der Waals surface area contributed by atoms with Crippen molar-refractivity contribution in [3.05, 3.63) is 69.7 Å². The number of likely N-dealkylation sites (tertiary alicyclic amines) is 1. The van der Waals surface area contributed by atoms with Gasteiger partial charge in [0.2, 0.25) is 5.91 Å². The molecule has 0 spiro atoms. The van der Waals surface area contributed by atoms with Crippen molar-refractivity contribution < 1.29 is 13.2 Å². The van der Waals surface area contributed by atoms with Crippen molar-refractivity contribution in [2.24, 2.45) is 5.92 Å². The van der Waals surface area contributed by atoms with E-state index in [4.69, 9.17) is 0 Å². The van der Waals surface area contributed by atoms with E-state index in [0.717, 1.165) is 35.6 Å². The van der Waals surface area contributed by atoms with Gasteiger partial charge in [-0.25, -0.2) is 8.42 Å². The number of carbonyl (C=O) groups excluding carboxylic acids is 1. The number of benzene rings is 2. The van der Waals surface area contributed by atoms with Gasteiger partial charge in [0, 0.05) is 24.1 Å². The topological polar surface area (TPSA) is 66.5 Å². The Morgan fingerprint density at radius 3 is 2.57 bits per heavy atom. The van der Waals surface area contributed by atoms with Crippen molar-refractivity contribution in [2.45, 2.75) is 38.6 Å². The van der Waals surface area contributed by atoms with Crippen LogP contribution in [0.2, 0.25) is 0 Å². The lowest BCUT2D eigenvalue weighted by Gasteiger charge is -2.30. The number of hydrogen-bond donors (Lipinski definition) is 1. The fourth-order valence-electron chi connectivity index (χ4n) is 3.83. The Kier molecular flexibility index (Phi) is 8.08. The molecule has 1 fully saturated rings. The van der Waals surface area contributed by atoms with Gasteiger partial charge in [-0.05, 0) is 54.1 Å². The third kappa shape index (κ3) is 7.52. The molecule has 0 radical (unpaired) electrons. The van der Waals surface area contributed by atoms with Gasteiger partial charge >= 0.3 is 0 Å². The molecule has 7 heteroatoms. The monoisotopic (exact) mass is 492 g/mol. The predicted octanol–water partition coefficient (Wildman–Crippen LogP) is 3.91. The lowest BCUT2D eigenvalue weighted by atomic mass is 9.99. The fourth-order valence-corrected chi connectivity index (χ4v) is 5.57. The molecule has 1 N–H and O–H groups in total. The maximum atomic E-state index is 12.3. The Bertz CT molecular complexity index is 961. The third-order valence-electron chi connectivity index (χ3n) is 5.29. The van der Waals surface area contributed by atoms with E-state index in [-0.39, 0.29) is 5.75 Å². The van der Waals surface area contributed by atoms with Gasteiger partial charge in [-0.15, -0.1) is 0 Å². The first-order valence-corrected chi connectivity index (χ1v) is 12.9. The van der Waals surface area contributed by atoms with Crippen LogP contribution < -0.4 is 5.32 Å². The van der Waals surface area contributed by atoms with Crippen LogP contribution in [-0.2, 0) is 33.5 Å². The van der Waals surface area contributed by atoms with Gasteiger partial charge in [-0.1, -0.05) is 59.3 Å². The minimum atomic E-state index is -3.52. The van der Waals surface area contributed by atoms with Crippen molar-refractivity contribution in [3.63, 3.8) is 0 Å². The molecule has 30 heavy (non-hydrogen) atoms. The number of rotatable bonds is 8. The summed E-state index contributed by atoms with van der Waals surface area (Å²) < 4.78 is 25.4. The van der Waals surface area contributed by atoms with Gasteiger partial charge in [-0.2, -0.15) is 0 Å². The minimum absolute atomic E-state index is 0.149. The van der Waals surface area contributed by atoms with E-state index < -0.39 is 21.5 Å². The smallest absolute Gasteiger partial charge is 0.235 e. The number of amides is 1. The van der Waals surface area contributed by atoms with Crippen LogP contribution in [0, 0.1) is 5.92 Å². The summed E-state index contributed by atoms with van der Waals surface area (Å²) in [6.45, 7) is 5.87. The zero-order valence-corrected chi connectivity index (χ0v) is 19.7. The van der Waals surface area contributed by atoms with Gasteiger partial charge in [0.25, 0.3) is 0 Å². The van der Waals surface area contributed by atoms with E-state index in [1.807, 2.05) is 18.2 Å². The molecule has 162 valence electrons. The number of halogens is 1. The predicted molar refractivity (Wildman–Crippen MR) is 124 cm³/mol. The molecule has 5 nitrogen and oxygen atoms in total. The van der Waals surface area contributed by atoms with Gasteiger partial charge in [0.1, 0.15) is 5.75 Å². The highest BCUT2D eigenvalue weighted by Gasteiger charge is 2.18. The first kappa shape index (κ1) is 23.0. The van der Waals surface area contributed by atoms with Crippen molar-refractivity contribution in [1.82, 2.24) is 10.2 Å². The summed E-state index contributed by atoms with van der Waals surface area (Å²) in [6.07, 6.45) is 2.57. The van der Waals surface area contributed by atoms with Gasteiger partial charge in [0.05, 0.1) is 5.75 Å². The highest BCUT2D eigenvalue weighted by molar-refractivity contribution is 9.10. The van der Waals surface area contributed by atoms with E-state index in [0.29, 0.717) is 12.1 Å². The first-order chi connectivity index (χ1) is 14.3. The molecule has 1 heterocycles. The fraction of sp³-hybridized carbons (Fsp3) is 0.435. The van der Waals surface area contributed by atoms with Gasteiger partial charge in [-0.3, -0.25) is 9.69 Å². The number of piperidine rings is 1. The summed E-state index contributed by atoms with van der Waals surface area (Å²) in [5, 5.41) is 2.72. The molecule has 1 saturated heterocycles. The van der Waals surface area contributed by atoms with Crippen LogP contribution in [0.4, 0.5) is 0 Å². The molecular formula is C23H29BrN2O3S. The summed E-state index contributed by atoms with van der Waals surface area (Å²) in [5.41, 5.74) is 2.88. The second-order valence-electron chi connectivity index (χ2n) is 8.24. The summed E-state index contributed by atoms with van der Waals surface area (Å²) in [4.78, 5) is 14.6. The number of hydrogen-bond acceptors (Lipinski definition) is 4. The zero-order chi connectivity index (χ0) is 21.6. The van der Waals surface area contributed by atoms with Gasteiger partial charge < -0.3 is 5.32 Å². The van der Waals surface area contributed by atoms with Crippen molar-refractivity contribution in [1.29, 1.82) is 0 Å². The van der Waals surface area contributed by atoms with Crippen molar-refractivity contribution in [2.75, 3.05) is 18.8 Å². The molecule has 1 unspecified atom stereocenters. The molecule has 3 rings (SSSR count). The molecule has 2 aromatic rings. The van der Waals surface area contributed by atoms with E-state index in [1.54, 1.807) is 18.2 Å². The lowest BCUT2D eigenvalue weighted by molar-refractivity contribution is -0.118. The highest BCUT2D eigenvalue weighted by atomic mass is 79.9. The van der Waals surface area contributed by atoms with Crippen LogP contribution in [0.1, 0.15) is 36.5 Å².